The Morgan fingerprint density at radius 2 is 1.54 bits per heavy atom. The lowest BCUT2D eigenvalue weighted by Gasteiger charge is -2.39. The summed E-state index contributed by atoms with van der Waals surface area (Å²) in [6, 6.07) is 19.3. The molecule has 0 saturated heterocycles. The number of amidine groups is 1. The summed E-state index contributed by atoms with van der Waals surface area (Å²) in [6.07, 6.45) is 4.68. The molecule has 46 heavy (non-hydrogen) atoms. The van der Waals surface area contributed by atoms with Crippen LogP contribution in [-0.2, 0) is 9.53 Å². The van der Waals surface area contributed by atoms with Crippen molar-refractivity contribution in [2.24, 2.45) is 10.1 Å². The largest absolute Gasteiger partial charge is 0.493 e. The molecule has 1 aliphatic carbocycles. The van der Waals surface area contributed by atoms with Crippen LogP contribution in [0.3, 0.4) is 0 Å². The number of aryl methyl sites for hydroxylation is 1. The van der Waals surface area contributed by atoms with Gasteiger partial charge >= 0.3 is 5.97 Å². The molecule has 0 amide bonds. The zero-order valence-corrected chi connectivity index (χ0v) is 27.0. The highest BCUT2D eigenvalue weighted by molar-refractivity contribution is 6.41. The highest BCUT2D eigenvalue weighted by atomic mass is 16.5. The topological polar surface area (TPSA) is 94.4 Å². The van der Waals surface area contributed by atoms with Gasteiger partial charge in [-0.2, -0.15) is 5.01 Å². The highest BCUT2D eigenvalue weighted by Gasteiger charge is 2.47. The van der Waals surface area contributed by atoms with Crippen molar-refractivity contribution in [1.82, 2.24) is 4.90 Å². The van der Waals surface area contributed by atoms with E-state index in [1.165, 1.54) is 0 Å². The van der Waals surface area contributed by atoms with E-state index >= 15 is 0 Å². The maximum absolute atomic E-state index is 13.5. The lowest BCUT2D eigenvalue weighted by Crippen LogP contribution is -2.46. The van der Waals surface area contributed by atoms with E-state index < -0.39 is 12.0 Å². The molecule has 10 nitrogen and oxygen atoms in total. The molecular formula is C36H38N4O6. The van der Waals surface area contributed by atoms with Crippen LogP contribution >= 0.6 is 0 Å². The van der Waals surface area contributed by atoms with E-state index in [4.69, 9.17) is 33.8 Å². The van der Waals surface area contributed by atoms with E-state index in [-0.39, 0.29) is 12.4 Å². The predicted octanol–water partition coefficient (Wildman–Crippen LogP) is 6.66. The molecule has 0 fully saturated rings. The van der Waals surface area contributed by atoms with Gasteiger partial charge in [-0.1, -0.05) is 29.8 Å². The highest BCUT2D eigenvalue weighted by Crippen LogP contribution is 2.48. The zero-order valence-electron chi connectivity index (χ0n) is 27.0. The molecule has 3 aliphatic rings. The summed E-state index contributed by atoms with van der Waals surface area (Å²) in [4.78, 5) is 20.7. The molecule has 2 aliphatic heterocycles. The second-order valence-electron chi connectivity index (χ2n) is 11.1. The number of fused-ring (bicyclic) bond motifs is 1. The summed E-state index contributed by atoms with van der Waals surface area (Å²) >= 11 is 0. The number of allylic oxidation sites excluding steroid dienone is 1. The van der Waals surface area contributed by atoms with Crippen LogP contribution in [0.15, 0.2) is 87.6 Å². The van der Waals surface area contributed by atoms with Crippen molar-refractivity contribution in [3.05, 3.63) is 94.2 Å². The zero-order chi connectivity index (χ0) is 32.4. The summed E-state index contributed by atoms with van der Waals surface area (Å²) in [5.74, 6) is 2.70. The van der Waals surface area contributed by atoms with Crippen molar-refractivity contribution in [1.29, 1.82) is 0 Å². The number of anilines is 1. The van der Waals surface area contributed by atoms with Crippen LogP contribution in [0.25, 0.3) is 6.08 Å². The number of methoxy groups -OCH3 is 4. The molecule has 6 rings (SSSR count). The van der Waals surface area contributed by atoms with E-state index in [9.17, 15) is 4.79 Å². The average molecular weight is 623 g/mol. The quantitative estimate of drug-likeness (QED) is 0.245. The van der Waals surface area contributed by atoms with Gasteiger partial charge in [0.05, 0.1) is 52.5 Å². The average Bonchev–Trinajstić information content (AvgIpc) is 3.46. The van der Waals surface area contributed by atoms with Crippen LogP contribution in [0.4, 0.5) is 5.69 Å². The molecule has 0 spiro atoms. The number of carbonyl (C=O) groups is 1. The Morgan fingerprint density at radius 1 is 0.870 bits per heavy atom. The molecule has 238 valence electrons. The maximum Gasteiger partial charge on any atom is 0.376 e. The Bertz CT molecular complexity index is 1780. The number of rotatable bonds is 9. The molecule has 0 radical (unpaired) electrons. The van der Waals surface area contributed by atoms with Gasteiger partial charge in [0.15, 0.2) is 23.0 Å². The van der Waals surface area contributed by atoms with Crippen LogP contribution < -0.4 is 24.0 Å². The second-order valence-corrected chi connectivity index (χ2v) is 11.1. The molecule has 3 aromatic rings. The number of hydrogen-bond donors (Lipinski definition) is 0. The number of hydrogen-bond acceptors (Lipinski definition) is 10. The van der Waals surface area contributed by atoms with Gasteiger partial charge in [0.2, 0.25) is 11.8 Å². The molecule has 3 aromatic carbocycles. The van der Waals surface area contributed by atoms with Crippen molar-refractivity contribution in [3.63, 3.8) is 0 Å². The number of esters is 1. The minimum Gasteiger partial charge on any atom is -0.493 e. The van der Waals surface area contributed by atoms with Crippen molar-refractivity contribution >= 4 is 29.5 Å². The first-order valence-electron chi connectivity index (χ1n) is 15.3. The molecular weight excluding hydrogens is 584 g/mol. The summed E-state index contributed by atoms with van der Waals surface area (Å²) in [5, 5.41) is 6.58. The van der Waals surface area contributed by atoms with E-state index in [0.717, 1.165) is 58.5 Å². The first-order valence-corrected chi connectivity index (χ1v) is 15.3. The third kappa shape index (κ3) is 5.55. The first-order chi connectivity index (χ1) is 22.4. The van der Waals surface area contributed by atoms with Crippen LogP contribution in [0.1, 0.15) is 48.9 Å². The standard InChI is InChI=1S/C36H38N4O6/c1-7-46-35(41)34-38-40(26-15-11-22(2)12-16-26)36-37-32-24(19-23-13-17-28(42-3)30(20-23)44-5)9-8-10-27(32)33(39(34)36)25-14-18-29(43-4)31(21-25)45-6/h11-21,33H,7-10H2,1-6H3/b24-19+. The fourth-order valence-corrected chi connectivity index (χ4v) is 6.15. The van der Waals surface area contributed by atoms with Crippen molar-refractivity contribution in [3.8, 4) is 23.0 Å². The van der Waals surface area contributed by atoms with Gasteiger partial charge < -0.3 is 23.7 Å². The summed E-state index contributed by atoms with van der Waals surface area (Å²) in [6.45, 7) is 4.04. The Labute approximate surface area is 269 Å². The molecule has 2 heterocycles. The van der Waals surface area contributed by atoms with Gasteiger partial charge in [-0.15, -0.1) is 5.10 Å². The normalized spacial score (nSPS) is 18.0. The number of benzene rings is 3. The lowest BCUT2D eigenvalue weighted by atomic mass is 9.82. The minimum atomic E-state index is -0.517. The van der Waals surface area contributed by atoms with Crippen molar-refractivity contribution < 1.29 is 28.5 Å². The van der Waals surface area contributed by atoms with E-state index in [2.05, 4.69) is 6.08 Å². The van der Waals surface area contributed by atoms with Gasteiger partial charge in [-0.05, 0) is 97.9 Å². The Morgan fingerprint density at radius 3 is 2.22 bits per heavy atom. The predicted molar refractivity (Wildman–Crippen MR) is 178 cm³/mol. The molecule has 0 bridgehead atoms. The van der Waals surface area contributed by atoms with E-state index in [1.807, 2.05) is 72.5 Å². The van der Waals surface area contributed by atoms with E-state index in [1.54, 1.807) is 40.4 Å². The fraction of sp³-hybridized carbons (Fsp3) is 0.306. The summed E-state index contributed by atoms with van der Waals surface area (Å²) in [5.41, 5.74) is 6.82. The fourth-order valence-electron chi connectivity index (χ4n) is 6.15. The summed E-state index contributed by atoms with van der Waals surface area (Å²) in [7, 11) is 6.49. The number of guanidine groups is 1. The monoisotopic (exact) mass is 622 g/mol. The number of carbonyl (C=O) groups excluding carboxylic acids is 1. The smallest absolute Gasteiger partial charge is 0.376 e. The van der Waals surface area contributed by atoms with Gasteiger partial charge in [-0.3, -0.25) is 4.90 Å². The van der Waals surface area contributed by atoms with Gasteiger partial charge in [0, 0.05) is 0 Å². The SMILES string of the molecule is CCOC(=O)C1=NN(c2ccc(C)cc2)C2=NC3=C(CCC/C3=C\c3ccc(OC)c(OC)c3)C(c3ccc(OC)c(OC)c3)N12. The summed E-state index contributed by atoms with van der Waals surface area (Å²) < 4.78 is 27.9. The van der Waals surface area contributed by atoms with E-state index in [0.29, 0.717) is 29.0 Å². The number of nitrogens with zero attached hydrogens (tertiary/aromatic N) is 4. The number of ether oxygens (including phenoxy) is 5. The van der Waals surface area contributed by atoms with Gasteiger partial charge in [0.25, 0.3) is 0 Å². The van der Waals surface area contributed by atoms with Crippen LogP contribution in [-0.4, -0.2) is 57.7 Å². The third-order valence-electron chi connectivity index (χ3n) is 8.34. The van der Waals surface area contributed by atoms with Crippen molar-refractivity contribution in [2.75, 3.05) is 40.1 Å². The molecule has 1 atom stereocenters. The van der Waals surface area contributed by atoms with Crippen LogP contribution in [0, 0.1) is 6.92 Å². The van der Waals surface area contributed by atoms with Gasteiger partial charge in [0.1, 0.15) is 0 Å². The molecule has 0 saturated carbocycles. The number of aliphatic imine (C=N–C) groups is 1. The van der Waals surface area contributed by atoms with Crippen molar-refractivity contribution in [2.45, 2.75) is 39.2 Å². The molecule has 1 unspecified atom stereocenters. The Kier molecular flexibility index (Phi) is 8.70. The molecule has 0 aromatic heterocycles. The molecule has 10 heteroatoms. The maximum atomic E-state index is 13.5. The van der Waals surface area contributed by atoms with Crippen LogP contribution in [0.2, 0.25) is 0 Å². The molecule has 0 N–H and O–H groups in total. The number of hydrazone groups is 1. The lowest BCUT2D eigenvalue weighted by molar-refractivity contribution is -0.135. The van der Waals surface area contributed by atoms with Gasteiger partial charge in [-0.25, -0.2) is 9.79 Å². The van der Waals surface area contributed by atoms with Crippen LogP contribution in [0.5, 0.6) is 23.0 Å². The second kappa shape index (κ2) is 13.0. The Balaban J connectivity index is 1.57. The minimum absolute atomic E-state index is 0.170. The first kappa shape index (κ1) is 30.8. The Hall–Kier alpha value is -5.25. The third-order valence-corrected chi connectivity index (χ3v) is 8.34.